The number of amides is 1. The first kappa shape index (κ1) is 16.6. The van der Waals surface area contributed by atoms with Crippen molar-refractivity contribution in [3.05, 3.63) is 58.6 Å². The van der Waals surface area contributed by atoms with Crippen LogP contribution in [0.1, 0.15) is 36.5 Å². The topological polar surface area (TPSA) is 38.3 Å². The van der Waals surface area contributed by atoms with Crippen molar-refractivity contribution in [2.45, 2.75) is 26.2 Å². The van der Waals surface area contributed by atoms with Crippen molar-refractivity contribution in [3.8, 4) is 5.75 Å². The summed E-state index contributed by atoms with van der Waals surface area (Å²) in [5.41, 5.74) is 1.38. The largest absolute Gasteiger partial charge is 0.494 e. The van der Waals surface area contributed by atoms with Crippen LogP contribution in [0.4, 0.5) is 5.69 Å². The lowest BCUT2D eigenvalue weighted by molar-refractivity contribution is 0.102. The van der Waals surface area contributed by atoms with Crippen molar-refractivity contribution in [2.75, 3.05) is 11.9 Å². The molecule has 3 nitrogen and oxygen atoms in total. The predicted molar refractivity (Wildman–Crippen MR) is 93.6 cm³/mol. The highest BCUT2D eigenvalue weighted by Gasteiger charge is 2.06. The Hall–Kier alpha value is -1.81. The second-order valence-electron chi connectivity index (χ2n) is 5.04. The van der Waals surface area contributed by atoms with E-state index in [0.717, 1.165) is 28.9 Å². The fraction of sp³-hybridized carbons (Fsp3) is 0.278. The van der Waals surface area contributed by atoms with Crippen LogP contribution in [0.5, 0.6) is 5.75 Å². The maximum atomic E-state index is 12.1. The highest BCUT2D eigenvalue weighted by molar-refractivity contribution is 9.10. The van der Waals surface area contributed by atoms with E-state index in [4.69, 9.17) is 4.74 Å². The van der Waals surface area contributed by atoms with Crippen LogP contribution < -0.4 is 10.1 Å². The van der Waals surface area contributed by atoms with Crippen molar-refractivity contribution in [2.24, 2.45) is 0 Å². The maximum Gasteiger partial charge on any atom is 0.255 e. The summed E-state index contributed by atoms with van der Waals surface area (Å²) in [5, 5.41) is 2.87. The zero-order valence-electron chi connectivity index (χ0n) is 12.6. The second kappa shape index (κ2) is 8.59. The Morgan fingerprint density at radius 1 is 1.14 bits per heavy atom. The van der Waals surface area contributed by atoms with Crippen LogP contribution in [-0.4, -0.2) is 12.5 Å². The van der Waals surface area contributed by atoms with Gasteiger partial charge in [-0.15, -0.1) is 0 Å². The molecule has 2 rings (SSSR count). The van der Waals surface area contributed by atoms with Crippen LogP contribution in [0.2, 0.25) is 0 Å². The number of rotatable bonds is 7. The average molecular weight is 362 g/mol. The number of carbonyl (C=O) groups excluding carboxylic acids is 1. The molecule has 1 N–H and O–H groups in total. The van der Waals surface area contributed by atoms with Crippen molar-refractivity contribution in [1.82, 2.24) is 0 Å². The molecule has 22 heavy (non-hydrogen) atoms. The lowest BCUT2D eigenvalue weighted by atomic mass is 10.2. The van der Waals surface area contributed by atoms with E-state index < -0.39 is 0 Å². The lowest BCUT2D eigenvalue weighted by Crippen LogP contribution is -2.11. The summed E-state index contributed by atoms with van der Waals surface area (Å²) in [6, 6.07) is 14.8. The molecule has 4 heteroatoms. The normalized spacial score (nSPS) is 10.3. The molecule has 0 aliphatic carbocycles. The zero-order chi connectivity index (χ0) is 15.8. The number of hydrogen-bond acceptors (Lipinski definition) is 2. The van der Waals surface area contributed by atoms with Crippen LogP contribution in [0.25, 0.3) is 0 Å². The van der Waals surface area contributed by atoms with E-state index in [2.05, 4.69) is 28.2 Å². The number of unbranched alkanes of at least 4 members (excludes halogenated alkanes) is 2. The van der Waals surface area contributed by atoms with Crippen LogP contribution in [0.3, 0.4) is 0 Å². The fourth-order valence-corrected chi connectivity index (χ4v) is 2.41. The van der Waals surface area contributed by atoms with E-state index >= 15 is 0 Å². The van der Waals surface area contributed by atoms with E-state index in [1.54, 1.807) is 12.1 Å². The molecule has 2 aromatic rings. The summed E-state index contributed by atoms with van der Waals surface area (Å²) in [4.78, 5) is 12.1. The first-order valence-corrected chi connectivity index (χ1v) is 8.28. The smallest absolute Gasteiger partial charge is 0.255 e. The quantitative estimate of drug-likeness (QED) is 0.682. The van der Waals surface area contributed by atoms with Gasteiger partial charge in [-0.3, -0.25) is 4.79 Å². The Morgan fingerprint density at radius 2 is 1.91 bits per heavy atom. The van der Waals surface area contributed by atoms with Gasteiger partial charge in [0, 0.05) is 15.7 Å². The summed E-state index contributed by atoms with van der Waals surface area (Å²) < 4.78 is 6.53. The molecular weight excluding hydrogens is 342 g/mol. The SMILES string of the molecule is CCCCCOc1ccc(NC(=O)c2cccc(Br)c2)cc1. The third kappa shape index (κ3) is 5.19. The van der Waals surface area contributed by atoms with E-state index in [0.29, 0.717) is 5.56 Å². The molecule has 0 atom stereocenters. The molecule has 0 radical (unpaired) electrons. The first-order valence-electron chi connectivity index (χ1n) is 7.49. The van der Waals surface area contributed by atoms with Gasteiger partial charge in [-0.25, -0.2) is 0 Å². The zero-order valence-corrected chi connectivity index (χ0v) is 14.2. The van der Waals surface area contributed by atoms with Gasteiger partial charge in [0.25, 0.3) is 5.91 Å². The number of benzene rings is 2. The molecule has 0 fully saturated rings. The minimum atomic E-state index is -0.127. The summed E-state index contributed by atoms with van der Waals surface area (Å²) >= 11 is 3.36. The molecule has 0 heterocycles. The molecule has 0 aromatic heterocycles. The number of halogens is 1. The van der Waals surface area contributed by atoms with Crippen molar-refractivity contribution in [1.29, 1.82) is 0 Å². The standard InChI is InChI=1S/C18H20BrNO2/c1-2-3-4-12-22-17-10-8-16(9-11-17)20-18(21)14-6-5-7-15(19)13-14/h5-11,13H,2-4,12H2,1H3,(H,20,21). The lowest BCUT2D eigenvalue weighted by Gasteiger charge is -2.08. The predicted octanol–water partition coefficient (Wildman–Crippen LogP) is 5.27. The van der Waals surface area contributed by atoms with Crippen molar-refractivity contribution < 1.29 is 9.53 Å². The Balaban J connectivity index is 1.89. The highest BCUT2D eigenvalue weighted by Crippen LogP contribution is 2.18. The third-order valence-corrected chi connectivity index (χ3v) is 3.71. The molecular formula is C18H20BrNO2. The van der Waals surface area contributed by atoms with Gasteiger partial charge in [-0.1, -0.05) is 41.8 Å². The number of ether oxygens (including phenoxy) is 1. The minimum Gasteiger partial charge on any atom is -0.494 e. The van der Waals surface area contributed by atoms with E-state index in [1.807, 2.05) is 36.4 Å². The molecule has 2 aromatic carbocycles. The molecule has 0 aliphatic heterocycles. The minimum absolute atomic E-state index is 0.127. The van der Waals surface area contributed by atoms with Gasteiger partial charge in [-0.05, 0) is 48.9 Å². The van der Waals surface area contributed by atoms with Crippen LogP contribution >= 0.6 is 15.9 Å². The summed E-state index contributed by atoms with van der Waals surface area (Å²) in [5.74, 6) is 0.703. The second-order valence-corrected chi connectivity index (χ2v) is 5.96. The van der Waals surface area contributed by atoms with Crippen LogP contribution in [0.15, 0.2) is 53.0 Å². The number of anilines is 1. The monoisotopic (exact) mass is 361 g/mol. The third-order valence-electron chi connectivity index (χ3n) is 3.22. The summed E-state index contributed by atoms with van der Waals surface area (Å²) in [6.07, 6.45) is 3.43. The molecule has 0 spiro atoms. The highest BCUT2D eigenvalue weighted by atomic mass is 79.9. The van der Waals surface area contributed by atoms with Crippen molar-refractivity contribution in [3.63, 3.8) is 0 Å². The molecule has 0 saturated carbocycles. The van der Waals surface area contributed by atoms with Gasteiger partial charge in [0.15, 0.2) is 0 Å². The number of hydrogen-bond donors (Lipinski definition) is 1. The molecule has 0 unspecified atom stereocenters. The molecule has 116 valence electrons. The maximum absolute atomic E-state index is 12.1. The molecule has 0 bridgehead atoms. The van der Waals surface area contributed by atoms with Gasteiger partial charge in [-0.2, -0.15) is 0 Å². The van der Waals surface area contributed by atoms with E-state index in [1.165, 1.54) is 12.8 Å². The fourth-order valence-electron chi connectivity index (χ4n) is 2.01. The molecule has 0 aliphatic rings. The van der Waals surface area contributed by atoms with Crippen LogP contribution in [0, 0.1) is 0 Å². The van der Waals surface area contributed by atoms with Crippen molar-refractivity contribution >= 4 is 27.5 Å². The Bertz CT molecular complexity index is 611. The average Bonchev–Trinajstić information content (AvgIpc) is 2.53. The number of carbonyl (C=O) groups is 1. The summed E-state index contributed by atoms with van der Waals surface area (Å²) in [7, 11) is 0. The van der Waals surface area contributed by atoms with Gasteiger partial charge >= 0.3 is 0 Å². The molecule has 1 amide bonds. The van der Waals surface area contributed by atoms with Gasteiger partial charge < -0.3 is 10.1 Å². The number of nitrogens with one attached hydrogen (secondary N) is 1. The summed E-state index contributed by atoms with van der Waals surface area (Å²) in [6.45, 7) is 2.90. The van der Waals surface area contributed by atoms with E-state index in [-0.39, 0.29) is 5.91 Å². The van der Waals surface area contributed by atoms with E-state index in [9.17, 15) is 4.79 Å². The Kier molecular flexibility index (Phi) is 6.46. The first-order chi connectivity index (χ1) is 10.7. The Morgan fingerprint density at radius 3 is 2.59 bits per heavy atom. The van der Waals surface area contributed by atoms with Gasteiger partial charge in [0.05, 0.1) is 6.61 Å². The molecule has 0 saturated heterocycles. The Labute approximate surface area is 139 Å². The van der Waals surface area contributed by atoms with Gasteiger partial charge in [0.2, 0.25) is 0 Å². The van der Waals surface area contributed by atoms with Gasteiger partial charge in [0.1, 0.15) is 5.75 Å². The van der Waals surface area contributed by atoms with Crippen LogP contribution in [-0.2, 0) is 0 Å².